The fourth-order valence-corrected chi connectivity index (χ4v) is 3.97. The standard InChI is InChI=1S/C29H36N4O8/c1-6-8-13-40-21-11-9-19(14-23(21)37-4)16-30-33-25(34)17-41-22-12-10-20(15-24(22)38-5)27-26(28(35)39-7-2)18(3)31-29(36)32-27/h9-12,14-16,27H,6-8,13,17H2,1-5H3,(H,33,34)(H2,31,32,36)/b30-16-/t27-/m1/s1. The molecule has 1 aliphatic rings. The van der Waals surface area contributed by atoms with Gasteiger partial charge in [0.1, 0.15) is 0 Å². The van der Waals surface area contributed by atoms with Crippen molar-refractivity contribution in [2.24, 2.45) is 5.10 Å². The van der Waals surface area contributed by atoms with Gasteiger partial charge in [0.05, 0.1) is 45.3 Å². The van der Waals surface area contributed by atoms with E-state index in [1.54, 1.807) is 57.4 Å². The second-order valence-corrected chi connectivity index (χ2v) is 8.90. The first kappa shape index (κ1) is 30.8. The number of urea groups is 1. The summed E-state index contributed by atoms with van der Waals surface area (Å²) in [5, 5.41) is 9.30. The molecule has 12 nitrogen and oxygen atoms in total. The zero-order valence-corrected chi connectivity index (χ0v) is 23.9. The van der Waals surface area contributed by atoms with Crippen LogP contribution in [0, 0.1) is 0 Å². The van der Waals surface area contributed by atoms with E-state index in [-0.39, 0.29) is 24.5 Å². The van der Waals surface area contributed by atoms with E-state index in [2.05, 4.69) is 28.1 Å². The van der Waals surface area contributed by atoms with Crippen LogP contribution in [0.4, 0.5) is 4.79 Å². The van der Waals surface area contributed by atoms with Gasteiger partial charge in [-0.25, -0.2) is 15.0 Å². The highest BCUT2D eigenvalue weighted by Crippen LogP contribution is 2.34. The number of esters is 1. The largest absolute Gasteiger partial charge is 0.493 e. The van der Waals surface area contributed by atoms with Crippen LogP contribution in [0.3, 0.4) is 0 Å². The Morgan fingerprint density at radius 1 is 1.00 bits per heavy atom. The molecule has 0 bridgehead atoms. The number of carbonyl (C=O) groups excluding carboxylic acids is 3. The molecule has 41 heavy (non-hydrogen) atoms. The molecule has 0 radical (unpaired) electrons. The second kappa shape index (κ2) is 15.2. The number of allylic oxidation sites excluding steroid dienone is 1. The lowest BCUT2D eigenvalue weighted by Crippen LogP contribution is -2.45. The Hall–Kier alpha value is -4.74. The third kappa shape index (κ3) is 8.37. The predicted molar refractivity (Wildman–Crippen MR) is 151 cm³/mol. The van der Waals surface area contributed by atoms with E-state index < -0.39 is 23.9 Å². The van der Waals surface area contributed by atoms with Crippen LogP contribution >= 0.6 is 0 Å². The Kier molecular flexibility index (Phi) is 11.4. The fraction of sp³-hybridized carbons (Fsp3) is 0.379. The Morgan fingerprint density at radius 3 is 2.41 bits per heavy atom. The van der Waals surface area contributed by atoms with Crippen LogP contribution in [0.1, 0.15) is 50.8 Å². The third-order valence-corrected chi connectivity index (χ3v) is 5.99. The number of unbranched alkanes of at least 4 members (excludes halogenated alkanes) is 1. The summed E-state index contributed by atoms with van der Waals surface area (Å²) in [5.74, 6) is 0.764. The molecule has 220 valence electrons. The molecule has 1 atom stereocenters. The molecule has 0 aliphatic carbocycles. The number of hydrazone groups is 1. The summed E-state index contributed by atoms with van der Waals surface area (Å²) in [4.78, 5) is 37.0. The molecule has 0 spiro atoms. The first-order chi connectivity index (χ1) is 19.8. The number of rotatable bonds is 14. The smallest absolute Gasteiger partial charge is 0.338 e. The second-order valence-electron chi connectivity index (χ2n) is 8.90. The maximum absolute atomic E-state index is 12.6. The molecule has 1 aliphatic heterocycles. The number of nitrogens with one attached hydrogen (secondary N) is 3. The van der Waals surface area contributed by atoms with E-state index in [0.29, 0.717) is 40.7 Å². The maximum atomic E-state index is 12.6. The number of hydrogen-bond donors (Lipinski definition) is 3. The minimum atomic E-state index is -0.765. The molecule has 0 aromatic heterocycles. The fourth-order valence-electron chi connectivity index (χ4n) is 3.97. The summed E-state index contributed by atoms with van der Waals surface area (Å²) >= 11 is 0. The predicted octanol–water partition coefficient (Wildman–Crippen LogP) is 3.60. The topological polar surface area (TPSA) is 146 Å². The summed E-state index contributed by atoms with van der Waals surface area (Å²) in [6.07, 6.45) is 3.46. The molecule has 12 heteroatoms. The van der Waals surface area contributed by atoms with Crippen molar-refractivity contribution in [2.45, 2.75) is 39.7 Å². The lowest BCUT2D eigenvalue weighted by molar-refractivity contribution is -0.139. The van der Waals surface area contributed by atoms with E-state index in [0.717, 1.165) is 12.8 Å². The number of nitrogens with zero attached hydrogens (tertiary/aromatic N) is 1. The lowest BCUT2D eigenvalue weighted by Gasteiger charge is -2.28. The molecule has 3 N–H and O–H groups in total. The van der Waals surface area contributed by atoms with E-state index in [9.17, 15) is 14.4 Å². The number of hydrogen-bond acceptors (Lipinski definition) is 9. The Labute approximate surface area is 239 Å². The number of ether oxygens (including phenoxy) is 5. The zero-order valence-electron chi connectivity index (χ0n) is 23.9. The van der Waals surface area contributed by atoms with Crippen LogP contribution in [0.25, 0.3) is 0 Å². The Balaban J connectivity index is 1.63. The summed E-state index contributed by atoms with van der Waals surface area (Å²) in [5.41, 5.74) is 4.36. The monoisotopic (exact) mass is 568 g/mol. The summed E-state index contributed by atoms with van der Waals surface area (Å²) in [7, 11) is 3.00. The molecule has 0 saturated heterocycles. The first-order valence-electron chi connectivity index (χ1n) is 13.2. The lowest BCUT2D eigenvalue weighted by atomic mass is 9.95. The van der Waals surface area contributed by atoms with Crippen molar-refractivity contribution >= 4 is 24.1 Å². The summed E-state index contributed by atoms with van der Waals surface area (Å²) < 4.78 is 27.4. The molecule has 2 aromatic carbocycles. The normalized spacial score (nSPS) is 14.7. The molecule has 0 saturated carbocycles. The van der Waals surface area contributed by atoms with Crippen molar-refractivity contribution < 1.29 is 38.1 Å². The number of methoxy groups -OCH3 is 2. The molecule has 3 amide bonds. The van der Waals surface area contributed by atoms with Crippen LogP contribution in [0.5, 0.6) is 23.0 Å². The Morgan fingerprint density at radius 2 is 1.71 bits per heavy atom. The highest BCUT2D eigenvalue weighted by Gasteiger charge is 2.32. The van der Waals surface area contributed by atoms with Crippen molar-refractivity contribution in [1.82, 2.24) is 16.1 Å². The minimum Gasteiger partial charge on any atom is -0.493 e. The molecular formula is C29H36N4O8. The minimum absolute atomic E-state index is 0.188. The van der Waals surface area contributed by atoms with Gasteiger partial charge in [-0.3, -0.25) is 4.79 Å². The number of carbonyl (C=O) groups is 3. The van der Waals surface area contributed by atoms with Gasteiger partial charge in [-0.05, 0) is 61.7 Å². The van der Waals surface area contributed by atoms with Gasteiger partial charge in [-0.1, -0.05) is 19.4 Å². The van der Waals surface area contributed by atoms with Gasteiger partial charge >= 0.3 is 12.0 Å². The van der Waals surface area contributed by atoms with Crippen molar-refractivity contribution in [1.29, 1.82) is 0 Å². The summed E-state index contributed by atoms with van der Waals surface area (Å²) in [6, 6.07) is 9.01. The quantitative estimate of drug-likeness (QED) is 0.136. The van der Waals surface area contributed by atoms with Crippen molar-refractivity contribution in [3.8, 4) is 23.0 Å². The van der Waals surface area contributed by atoms with Crippen LogP contribution in [-0.4, -0.2) is 58.2 Å². The van der Waals surface area contributed by atoms with Gasteiger partial charge in [0.15, 0.2) is 29.6 Å². The molecular weight excluding hydrogens is 532 g/mol. The first-order valence-corrected chi connectivity index (χ1v) is 13.2. The van der Waals surface area contributed by atoms with Gasteiger partial charge in [0, 0.05) is 5.70 Å². The van der Waals surface area contributed by atoms with Crippen LogP contribution in [0.2, 0.25) is 0 Å². The van der Waals surface area contributed by atoms with E-state index in [1.165, 1.54) is 13.3 Å². The van der Waals surface area contributed by atoms with Crippen LogP contribution in [-0.2, 0) is 14.3 Å². The van der Waals surface area contributed by atoms with E-state index in [4.69, 9.17) is 23.7 Å². The highest BCUT2D eigenvalue weighted by molar-refractivity contribution is 5.95. The average Bonchev–Trinajstić information content (AvgIpc) is 2.96. The van der Waals surface area contributed by atoms with Crippen molar-refractivity contribution in [3.63, 3.8) is 0 Å². The van der Waals surface area contributed by atoms with Gasteiger partial charge in [0.2, 0.25) is 0 Å². The summed E-state index contributed by atoms with van der Waals surface area (Å²) in [6.45, 7) is 5.87. The van der Waals surface area contributed by atoms with E-state index in [1.807, 2.05) is 0 Å². The van der Waals surface area contributed by atoms with Crippen LogP contribution < -0.4 is 35.0 Å². The maximum Gasteiger partial charge on any atom is 0.338 e. The third-order valence-electron chi connectivity index (χ3n) is 5.99. The van der Waals surface area contributed by atoms with E-state index >= 15 is 0 Å². The van der Waals surface area contributed by atoms with Gasteiger partial charge in [-0.2, -0.15) is 5.10 Å². The van der Waals surface area contributed by atoms with Crippen LogP contribution in [0.15, 0.2) is 52.8 Å². The average molecular weight is 569 g/mol. The molecule has 2 aromatic rings. The van der Waals surface area contributed by atoms with Crippen molar-refractivity contribution in [2.75, 3.05) is 34.0 Å². The number of benzene rings is 2. The Bertz CT molecular complexity index is 1310. The molecule has 1 heterocycles. The van der Waals surface area contributed by atoms with Gasteiger partial charge in [-0.15, -0.1) is 0 Å². The molecule has 3 rings (SSSR count). The van der Waals surface area contributed by atoms with Gasteiger partial charge < -0.3 is 34.3 Å². The number of amides is 3. The zero-order chi connectivity index (χ0) is 29.8. The van der Waals surface area contributed by atoms with Crippen molar-refractivity contribution in [3.05, 3.63) is 58.8 Å². The molecule has 0 unspecified atom stereocenters. The highest BCUT2D eigenvalue weighted by atomic mass is 16.5. The SMILES string of the molecule is CCCCOc1ccc(/C=N\NC(=O)COc2ccc([C@H]3NC(=O)NC(C)=C3C(=O)OCC)cc2OC)cc1OC. The molecule has 0 fully saturated rings. The van der Waals surface area contributed by atoms with Gasteiger partial charge in [0.25, 0.3) is 5.91 Å².